The summed E-state index contributed by atoms with van der Waals surface area (Å²) in [5.74, 6) is -0.171. The van der Waals surface area contributed by atoms with Crippen molar-refractivity contribution < 1.29 is 14.3 Å². The average Bonchev–Trinajstić information content (AvgIpc) is 2.64. The molecule has 2 amide bonds. The van der Waals surface area contributed by atoms with Crippen LogP contribution in [0, 0.1) is 5.92 Å². The number of nitrogens with one attached hydrogen (secondary N) is 2. The first kappa shape index (κ1) is 16.7. The molecule has 1 aromatic carbocycles. The number of rotatable bonds is 6. The van der Waals surface area contributed by atoms with Crippen molar-refractivity contribution in [3.05, 3.63) is 60.2 Å². The van der Waals surface area contributed by atoms with Crippen molar-refractivity contribution >= 4 is 23.2 Å². The second-order valence-electron chi connectivity index (χ2n) is 5.58. The van der Waals surface area contributed by atoms with Gasteiger partial charge in [0.25, 0.3) is 5.91 Å². The van der Waals surface area contributed by atoms with Gasteiger partial charge in [-0.1, -0.05) is 30.4 Å². The summed E-state index contributed by atoms with van der Waals surface area (Å²) in [4.78, 5) is 28.1. The van der Waals surface area contributed by atoms with Crippen LogP contribution in [0.1, 0.15) is 0 Å². The van der Waals surface area contributed by atoms with Gasteiger partial charge in [-0.2, -0.15) is 0 Å². The second kappa shape index (κ2) is 7.61. The lowest BCUT2D eigenvalue weighted by Crippen LogP contribution is -2.35. The Morgan fingerprint density at radius 1 is 1.24 bits per heavy atom. The van der Waals surface area contributed by atoms with E-state index in [1.807, 2.05) is 36.4 Å². The average molecular weight is 337 g/mol. The van der Waals surface area contributed by atoms with Gasteiger partial charge in [0.1, 0.15) is 5.75 Å². The fourth-order valence-electron chi connectivity index (χ4n) is 2.76. The smallest absolute Gasteiger partial charge is 0.270 e. The van der Waals surface area contributed by atoms with Gasteiger partial charge in [-0.3, -0.25) is 9.59 Å². The van der Waals surface area contributed by atoms with Gasteiger partial charge in [-0.05, 0) is 18.2 Å². The first-order chi connectivity index (χ1) is 12.2. The van der Waals surface area contributed by atoms with E-state index in [1.165, 1.54) is 6.08 Å². The number of ether oxygens (including phenoxy) is 1. The Balaban J connectivity index is 1.55. The Kier molecular flexibility index (Phi) is 5.09. The van der Waals surface area contributed by atoms with Crippen molar-refractivity contribution in [2.24, 2.45) is 10.9 Å². The molecule has 25 heavy (non-hydrogen) atoms. The lowest BCUT2D eigenvalue weighted by molar-refractivity contribution is -0.119. The zero-order valence-electron chi connectivity index (χ0n) is 13.9. The van der Waals surface area contributed by atoms with E-state index in [4.69, 9.17) is 4.74 Å². The van der Waals surface area contributed by atoms with Crippen LogP contribution in [0.5, 0.6) is 5.75 Å². The number of dihydropyridines is 1. The van der Waals surface area contributed by atoms with E-state index in [1.54, 1.807) is 19.3 Å². The number of nitrogens with zero attached hydrogens (tertiary/aromatic N) is 1. The minimum Gasteiger partial charge on any atom is -0.495 e. The van der Waals surface area contributed by atoms with Gasteiger partial charge in [0.2, 0.25) is 5.91 Å². The maximum absolute atomic E-state index is 12.4. The van der Waals surface area contributed by atoms with Gasteiger partial charge in [0.15, 0.2) is 0 Å². The Morgan fingerprint density at radius 2 is 2.08 bits per heavy atom. The first-order valence-corrected chi connectivity index (χ1v) is 8.03. The molecule has 0 spiro atoms. The minimum atomic E-state index is -0.400. The number of para-hydroxylation sites is 2. The number of allylic oxidation sites excluding steroid dienone is 4. The molecule has 3 rings (SSSR count). The van der Waals surface area contributed by atoms with Crippen LogP contribution in [0.4, 0.5) is 5.69 Å². The van der Waals surface area contributed by atoms with Crippen LogP contribution in [-0.4, -0.2) is 37.7 Å². The zero-order valence-corrected chi connectivity index (χ0v) is 13.9. The summed E-state index contributed by atoms with van der Waals surface area (Å²) >= 11 is 0. The molecule has 6 heteroatoms. The number of aliphatic imine (C=N–C) groups is 1. The van der Waals surface area contributed by atoms with Gasteiger partial charge in [0, 0.05) is 24.7 Å². The highest BCUT2D eigenvalue weighted by molar-refractivity contribution is 6.18. The SMILES string of the molecule is COc1ccccc1NCCNC(=O)C1=CC(=O)N=C2C=CC=CC12. The number of methoxy groups -OCH3 is 1. The summed E-state index contributed by atoms with van der Waals surface area (Å²) < 4.78 is 5.27. The van der Waals surface area contributed by atoms with Crippen molar-refractivity contribution in [3.8, 4) is 5.75 Å². The lowest BCUT2D eigenvalue weighted by atomic mass is 9.87. The number of anilines is 1. The summed E-state index contributed by atoms with van der Waals surface area (Å²) in [5.41, 5.74) is 1.89. The first-order valence-electron chi connectivity index (χ1n) is 8.03. The number of benzene rings is 1. The maximum atomic E-state index is 12.4. The van der Waals surface area contributed by atoms with Gasteiger partial charge in [-0.15, -0.1) is 0 Å². The molecule has 1 unspecified atom stereocenters. The zero-order chi connectivity index (χ0) is 17.6. The van der Waals surface area contributed by atoms with E-state index in [0.29, 0.717) is 24.4 Å². The van der Waals surface area contributed by atoms with E-state index in [-0.39, 0.29) is 11.8 Å². The Hall–Kier alpha value is -3.15. The molecule has 128 valence electrons. The van der Waals surface area contributed by atoms with Crippen LogP contribution >= 0.6 is 0 Å². The standard InChI is InChI=1S/C19H19N3O3/c1-25-17-9-5-4-8-16(17)20-10-11-21-19(24)14-12-18(23)22-15-7-3-2-6-13(14)15/h2-9,12-13,20H,10-11H2,1H3,(H,21,24). The van der Waals surface area contributed by atoms with Crippen molar-refractivity contribution in [2.75, 3.05) is 25.5 Å². The van der Waals surface area contributed by atoms with Gasteiger partial charge in [-0.25, -0.2) is 4.99 Å². The van der Waals surface area contributed by atoms with E-state index in [9.17, 15) is 9.59 Å². The number of carbonyl (C=O) groups excluding carboxylic acids is 2. The Labute approximate surface area is 146 Å². The molecule has 0 bridgehead atoms. The Morgan fingerprint density at radius 3 is 2.92 bits per heavy atom. The fraction of sp³-hybridized carbons (Fsp3) is 0.211. The molecule has 2 aliphatic rings. The van der Waals surface area contributed by atoms with Crippen molar-refractivity contribution in [3.63, 3.8) is 0 Å². The van der Waals surface area contributed by atoms with Crippen LogP contribution < -0.4 is 15.4 Å². The molecular formula is C19H19N3O3. The monoisotopic (exact) mass is 337 g/mol. The highest BCUT2D eigenvalue weighted by atomic mass is 16.5. The molecule has 1 aromatic rings. The quantitative estimate of drug-likeness (QED) is 0.777. The van der Waals surface area contributed by atoms with E-state index >= 15 is 0 Å². The van der Waals surface area contributed by atoms with E-state index in [0.717, 1.165) is 11.4 Å². The Bertz CT molecular complexity index is 806. The summed E-state index contributed by atoms with van der Waals surface area (Å²) in [7, 11) is 1.61. The highest BCUT2D eigenvalue weighted by Crippen LogP contribution is 2.24. The molecule has 1 aliphatic heterocycles. The molecule has 0 radical (unpaired) electrons. The predicted molar refractivity (Wildman–Crippen MR) is 96.8 cm³/mol. The summed E-state index contributed by atoms with van der Waals surface area (Å²) in [6.45, 7) is 0.954. The third-order valence-electron chi connectivity index (χ3n) is 3.95. The normalized spacial score (nSPS) is 18.1. The van der Waals surface area contributed by atoms with Crippen molar-refractivity contribution in [2.45, 2.75) is 0 Å². The van der Waals surface area contributed by atoms with Crippen molar-refractivity contribution in [1.82, 2.24) is 5.32 Å². The predicted octanol–water partition coefficient (Wildman–Crippen LogP) is 1.87. The number of hydrogen-bond acceptors (Lipinski definition) is 4. The molecular weight excluding hydrogens is 318 g/mol. The summed E-state index contributed by atoms with van der Waals surface area (Å²) in [6, 6.07) is 7.57. The number of amides is 2. The van der Waals surface area contributed by atoms with Gasteiger partial charge < -0.3 is 15.4 Å². The third-order valence-corrected chi connectivity index (χ3v) is 3.95. The van der Waals surface area contributed by atoms with E-state index in [2.05, 4.69) is 15.6 Å². The lowest BCUT2D eigenvalue weighted by Gasteiger charge is -2.21. The fourth-order valence-corrected chi connectivity index (χ4v) is 2.76. The van der Waals surface area contributed by atoms with Gasteiger partial charge in [0.05, 0.1) is 24.4 Å². The summed E-state index contributed by atoms with van der Waals surface area (Å²) in [6.07, 6.45) is 8.58. The number of fused-ring (bicyclic) bond motifs is 1. The molecule has 1 atom stereocenters. The molecule has 0 fully saturated rings. The number of hydrogen-bond donors (Lipinski definition) is 2. The van der Waals surface area contributed by atoms with Gasteiger partial charge >= 0.3 is 0 Å². The third kappa shape index (κ3) is 3.85. The minimum absolute atomic E-state index is 0.257. The molecule has 0 saturated carbocycles. The molecule has 1 heterocycles. The second-order valence-corrected chi connectivity index (χ2v) is 5.58. The topological polar surface area (TPSA) is 79.8 Å². The van der Waals surface area contributed by atoms with Crippen LogP contribution in [-0.2, 0) is 9.59 Å². The molecule has 1 aliphatic carbocycles. The molecule has 6 nitrogen and oxygen atoms in total. The van der Waals surface area contributed by atoms with Crippen LogP contribution in [0.2, 0.25) is 0 Å². The number of carbonyl (C=O) groups is 2. The van der Waals surface area contributed by atoms with Crippen LogP contribution in [0.3, 0.4) is 0 Å². The van der Waals surface area contributed by atoms with E-state index < -0.39 is 5.91 Å². The molecule has 0 saturated heterocycles. The highest BCUT2D eigenvalue weighted by Gasteiger charge is 2.28. The van der Waals surface area contributed by atoms with Crippen LogP contribution in [0.25, 0.3) is 0 Å². The van der Waals surface area contributed by atoms with Crippen LogP contribution in [0.15, 0.2) is 65.2 Å². The van der Waals surface area contributed by atoms with Crippen molar-refractivity contribution in [1.29, 1.82) is 0 Å². The molecule has 0 aromatic heterocycles. The molecule has 2 N–H and O–H groups in total. The maximum Gasteiger partial charge on any atom is 0.270 e. The largest absolute Gasteiger partial charge is 0.495 e. The summed E-state index contributed by atoms with van der Waals surface area (Å²) in [5, 5.41) is 6.05.